The molecule has 0 radical (unpaired) electrons. The highest BCUT2D eigenvalue weighted by molar-refractivity contribution is 5.74. The van der Waals surface area contributed by atoms with Crippen molar-refractivity contribution in [1.82, 2.24) is 15.0 Å². The number of nitrogens with one attached hydrogen (secondary N) is 1. The Hall–Kier alpha value is -2.58. The number of benzene rings is 1. The van der Waals surface area contributed by atoms with E-state index in [9.17, 15) is 13.2 Å². The predicted octanol–water partition coefficient (Wildman–Crippen LogP) is 6.51. The molecule has 1 aromatic heterocycles. The summed E-state index contributed by atoms with van der Waals surface area (Å²) in [6.07, 6.45) is 6.40. The number of guanidine groups is 1. The Bertz CT molecular complexity index is 928. The van der Waals surface area contributed by atoms with Gasteiger partial charge in [-0.25, -0.2) is 0 Å². The van der Waals surface area contributed by atoms with Crippen LogP contribution in [0, 0.1) is 5.41 Å². The number of piperidine rings is 1. The van der Waals surface area contributed by atoms with Gasteiger partial charge in [-0.05, 0) is 37.3 Å². The van der Waals surface area contributed by atoms with Crippen molar-refractivity contribution in [3.63, 3.8) is 0 Å². The fraction of sp³-hybridized carbons (Fsp3) is 0.640. The minimum atomic E-state index is -4.44. The predicted molar refractivity (Wildman–Crippen MR) is 127 cm³/mol. The molecule has 2 heterocycles. The lowest BCUT2D eigenvalue weighted by Crippen LogP contribution is -2.42. The molecule has 3 N–H and O–H groups in total. The summed E-state index contributed by atoms with van der Waals surface area (Å²) in [4.78, 5) is 6.12. The van der Waals surface area contributed by atoms with Crippen molar-refractivity contribution >= 4 is 5.96 Å². The number of alkyl halides is 3. The number of nitrogens with two attached hydrogens (primary N) is 1. The Morgan fingerprint density at radius 1 is 1.15 bits per heavy atom. The Labute approximate surface area is 199 Å². The van der Waals surface area contributed by atoms with Crippen LogP contribution in [0.5, 0.6) is 0 Å². The van der Waals surface area contributed by atoms with Crippen LogP contribution < -0.4 is 5.73 Å². The van der Waals surface area contributed by atoms with Crippen molar-refractivity contribution in [2.75, 3.05) is 13.1 Å². The van der Waals surface area contributed by atoms with Gasteiger partial charge in [-0.15, -0.1) is 0 Å². The molecule has 1 aliphatic rings. The minimum Gasteiger partial charge on any atom is -0.370 e. The van der Waals surface area contributed by atoms with Crippen molar-refractivity contribution in [3.8, 4) is 11.4 Å². The zero-order chi connectivity index (χ0) is 24.6. The number of aromatic nitrogens is 2. The highest BCUT2D eigenvalue weighted by Gasteiger charge is 2.34. The second-order valence-electron chi connectivity index (χ2n) is 9.22. The highest BCUT2D eigenvalue weighted by atomic mass is 19.4. The lowest BCUT2D eigenvalue weighted by atomic mass is 9.97. The normalized spacial score (nSPS) is 16.7. The SMILES string of the molecule is CCCCCCCCCCc1ccc(-c2noc([C@@H]3CCCN(C(=N)N)C3)n2)cc1C(F)(F)F. The summed E-state index contributed by atoms with van der Waals surface area (Å²) in [5.74, 6) is 0.421. The Morgan fingerprint density at radius 2 is 1.85 bits per heavy atom. The van der Waals surface area contributed by atoms with Gasteiger partial charge in [-0.1, -0.05) is 69.2 Å². The number of halogens is 3. The van der Waals surface area contributed by atoms with Crippen molar-refractivity contribution < 1.29 is 17.7 Å². The first-order chi connectivity index (χ1) is 16.3. The maximum atomic E-state index is 13.8. The summed E-state index contributed by atoms with van der Waals surface area (Å²) in [6, 6.07) is 4.33. The van der Waals surface area contributed by atoms with E-state index in [4.69, 9.17) is 15.7 Å². The summed E-state index contributed by atoms with van der Waals surface area (Å²) in [6.45, 7) is 3.37. The zero-order valence-electron chi connectivity index (χ0n) is 20.0. The average Bonchev–Trinajstić information content (AvgIpc) is 3.31. The molecule has 9 heteroatoms. The summed E-state index contributed by atoms with van der Waals surface area (Å²) in [5.41, 5.74) is 5.57. The van der Waals surface area contributed by atoms with Crippen LogP contribution >= 0.6 is 0 Å². The van der Waals surface area contributed by atoms with Crippen molar-refractivity contribution in [2.45, 2.75) is 89.6 Å². The van der Waals surface area contributed by atoms with Gasteiger partial charge in [0.1, 0.15) is 0 Å². The lowest BCUT2D eigenvalue weighted by Gasteiger charge is -2.30. The molecule has 1 fully saturated rings. The monoisotopic (exact) mass is 479 g/mol. The minimum absolute atomic E-state index is 0.00802. The Kier molecular flexibility index (Phi) is 9.36. The molecule has 0 bridgehead atoms. The topological polar surface area (TPSA) is 92.0 Å². The molecule has 34 heavy (non-hydrogen) atoms. The second-order valence-corrected chi connectivity index (χ2v) is 9.22. The fourth-order valence-corrected chi connectivity index (χ4v) is 4.56. The molecular formula is C25H36F3N5O. The molecule has 1 saturated heterocycles. The molecule has 0 aliphatic carbocycles. The van der Waals surface area contributed by atoms with E-state index in [2.05, 4.69) is 17.1 Å². The Morgan fingerprint density at radius 3 is 2.53 bits per heavy atom. The van der Waals surface area contributed by atoms with E-state index < -0.39 is 11.7 Å². The largest absolute Gasteiger partial charge is 0.416 e. The quantitative estimate of drug-likeness (QED) is 0.218. The maximum Gasteiger partial charge on any atom is 0.416 e. The molecule has 0 spiro atoms. The van der Waals surface area contributed by atoms with Crippen LogP contribution in [-0.2, 0) is 12.6 Å². The molecule has 1 aromatic carbocycles. The first kappa shape index (κ1) is 26.0. The third kappa shape index (κ3) is 7.21. The number of likely N-dealkylation sites (tertiary alicyclic amines) is 1. The number of aryl methyl sites for hydroxylation is 1. The van der Waals surface area contributed by atoms with Crippen LogP contribution in [0.4, 0.5) is 13.2 Å². The summed E-state index contributed by atoms with van der Waals surface area (Å²) < 4.78 is 46.8. The van der Waals surface area contributed by atoms with E-state index in [0.29, 0.717) is 36.5 Å². The smallest absolute Gasteiger partial charge is 0.370 e. The number of nitrogens with zero attached hydrogens (tertiary/aromatic N) is 3. The van der Waals surface area contributed by atoms with Crippen LogP contribution in [0.1, 0.15) is 94.1 Å². The molecule has 6 nitrogen and oxygen atoms in total. The highest BCUT2D eigenvalue weighted by Crippen LogP contribution is 2.36. The van der Waals surface area contributed by atoms with Gasteiger partial charge in [0, 0.05) is 18.7 Å². The summed E-state index contributed by atoms with van der Waals surface area (Å²) >= 11 is 0. The van der Waals surface area contributed by atoms with Crippen LogP contribution in [0.15, 0.2) is 22.7 Å². The van der Waals surface area contributed by atoms with Crippen LogP contribution in [0.25, 0.3) is 11.4 Å². The standard InChI is InChI=1S/C25H36F3N5O/c1-2-3-4-5-6-7-8-9-11-18-13-14-19(16-21(18)25(26,27)28)22-31-23(34-32-22)20-12-10-15-33(17-20)24(29)30/h13-14,16,20H,2-12,15,17H2,1H3,(H3,29,30)/t20-/m1/s1. The Balaban J connectivity index is 1.64. The number of rotatable bonds is 11. The van der Waals surface area contributed by atoms with Crippen LogP contribution in [0.3, 0.4) is 0 Å². The van der Waals surface area contributed by atoms with E-state index in [-0.39, 0.29) is 17.7 Å². The van der Waals surface area contributed by atoms with E-state index in [1.54, 1.807) is 17.0 Å². The van der Waals surface area contributed by atoms with Crippen molar-refractivity contribution in [1.29, 1.82) is 5.41 Å². The molecule has 3 rings (SSSR count). The zero-order valence-corrected chi connectivity index (χ0v) is 20.0. The van der Waals surface area contributed by atoms with Gasteiger partial charge in [0.05, 0.1) is 11.5 Å². The third-order valence-corrected chi connectivity index (χ3v) is 6.53. The number of unbranched alkanes of at least 4 members (excludes halogenated alkanes) is 7. The van der Waals surface area contributed by atoms with Gasteiger partial charge >= 0.3 is 6.18 Å². The molecule has 2 aromatic rings. The van der Waals surface area contributed by atoms with Gasteiger partial charge in [0.15, 0.2) is 5.96 Å². The van der Waals surface area contributed by atoms with Gasteiger partial charge in [0.25, 0.3) is 0 Å². The van der Waals surface area contributed by atoms with E-state index in [0.717, 1.165) is 44.6 Å². The third-order valence-electron chi connectivity index (χ3n) is 6.53. The van der Waals surface area contributed by atoms with E-state index in [1.807, 2.05) is 0 Å². The molecule has 0 amide bonds. The molecule has 188 valence electrons. The van der Waals surface area contributed by atoms with Crippen molar-refractivity contribution in [3.05, 3.63) is 35.2 Å². The van der Waals surface area contributed by atoms with E-state index >= 15 is 0 Å². The molecule has 1 aliphatic heterocycles. The van der Waals surface area contributed by atoms with Crippen LogP contribution in [0.2, 0.25) is 0 Å². The molecule has 0 unspecified atom stereocenters. The van der Waals surface area contributed by atoms with Crippen molar-refractivity contribution in [2.24, 2.45) is 5.73 Å². The molecular weight excluding hydrogens is 443 g/mol. The number of hydrogen-bond donors (Lipinski definition) is 2. The fourth-order valence-electron chi connectivity index (χ4n) is 4.56. The lowest BCUT2D eigenvalue weighted by molar-refractivity contribution is -0.138. The second kappa shape index (κ2) is 12.2. The molecule has 0 saturated carbocycles. The first-order valence-corrected chi connectivity index (χ1v) is 12.4. The summed E-state index contributed by atoms with van der Waals surface area (Å²) in [5, 5.41) is 11.6. The van der Waals surface area contributed by atoms with Gasteiger partial charge < -0.3 is 15.2 Å². The van der Waals surface area contributed by atoms with E-state index in [1.165, 1.54) is 25.7 Å². The average molecular weight is 480 g/mol. The van der Waals surface area contributed by atoms with Crippen LogP contribution in [-0.4, -0.2) is 34.1 Å². The van der Waals surface area contributed by atoms with Gasteiger partial charge in [-0.2, -0.15) is 18.2 Å². The van der Waals surface area contributed by atoms with Gasteiger partial charge in [0.2, 0.25) is 11.7 Å². The summed E-state index contributed by atoms with van der Waals surface area (Å²) in [7, 11) is 0. The molecule has 1 atom stereocenters. The van der Waals surface area contributed by atoms with Gasteiger partial charge in [-0.3, -0.25) is 5.41 Å². The first-order valence-electron chi connectivity index (χ1n) is 12.4. The number of hydrogen-bond acceptors (Lipinski definition) is 4. The maximum absolute atomic E-state index is 13.8.